The zero-order chi connectivity index (χ0) is 56.4. The highest BCUT2D eigenvalue weighted by atomic mass is 16.6. The Balaban J connectivity index is 4.17. The zero-order valence-electron chi connectivity index (χ0n) is 50.9. The van der Waals surface area contributed by atoms with E-state index in [0.717, 1.165) is 109 Å². The van der Waals surface area contributed by atoms with Crippen molar-refractivity contribution in [2.24, 2.45) is 0 Å². The summed E-state index contributed by atoms with van der Waals surface area (Å²) in [6.45, 7) is 6.37. The fraction of sp³-hybridized carbons (Fsp3) is 0.681. The lowest BCUT2D eigenvalue weighted by Crippen LogP contribution is -2.30. The average molecular weight is 1080 g/mol. The van der Waals surface area contributed by atoms with Crippen LogP contribution in [-0.4, -0.2) is 37.2 Å². The molecule has 0 aliphatic heterocycles. The maximum atomic E-state index is 12.8. The minimum Gasteiger partial charge on any atom is -0.462 e. The molecule has 1 unspecified atom stereocenters. The van der Waals surface area contributed by atoms with E-state index >= 15 is 0 Å². The molecule has 0 aromatic heterocycles. The maximum Gasteiger partial charge on any atom is 0.306 e. The molecular weight excluding hydrogens is 961 g/mol. The molecule has 0 aromatic rings. The Hall–Kier alpha value is -4.19. The number of rotatable bonds is 58. The number of hydrogen-bond acceptors (Lipinski definition) is 6. The number of hydrogen-bond donors (Lipinski definition) is 0. The summed E-state index contributed by atoms with van der Waals surface area (Å²) in [5, 5.41) is 0. The number of allylic oxidation sites excluding steroid dienone is 20. The predicted molar refractivity (Wildman–Crippen MR) is 339 cm³/mol. The van der Waals surface area contributed by atoms with Gasteiger partial charge in [-0.3, -0.25) is 14.4 Å². The molecule has 0 amide bonds. The minimum absolute atomic E-state index is 0.0985. The van der Waals surface area contributed by atoms with Gasteiger partial charge in [-0.25, -0.2) is 0 Å². The lowest BCUT2D eigenvalue weighted by molar-refractivity contribution is -0.167. The van der Waals surface area contributed by atoms with Crippen LogP contribution in [0.25, 0.3) is 0 Å². The highest BCUT2D eigenvalue weighted by molar-refractivity contribution is 5.71. The molecule has 0 saturated heterocycles. The van der Waals surface area contributed by atoms with Gasteiger partial charge in [0.2, 0.25) is 0 Å². The Kier molecular flexibility index (Phi) is 61.8. The smallest absolute Gasteiger partial charge is 0.306 e. The van der Waals surface area contributed by atoms with Crippen LogP contribution in [-0.2, 0) is 28.6 Å². The summed E-state index contributed by atoms with van der Waals surface area (Å²) < 4.78 is 16.8. The van der Waals surface area contributed by atoms with Gasteiger partial charge in [-0.15, -0.1) is 0 Å². The Bertz CT molecular complexity index is 1620. The van der Waals surface area contributed by atoms with E-state index in [9.17, 15) is 14.4 Å². The fourth-order valence-electron chi connectivity index (χ4n) is 8.92. The second-order valence-corrected chi connectivity index (χ2v) is 21.3. The lowest BCUT2D eigenvalue weighted by atomic mass is 10.0. The molecule has 6 nitrogen and oxygen atoms in total. The summed E-state index contributed by atoms with van der Waals surface area (Å²) in [5.41, 5.74) is 0. The maximum absolute atomic E-state index is 12.8. The Morgan fingerprint density at radius 3 is 0.821 bits per heavy atom. The van der Waals surface area contributed by atoms with E-state index in [4.69, 9.17) is 14.2 Å². The van der Waals surface area contributed by atoms with Gasteiger partial charge in [0.15, 0.2) is 6.10 Å². The standard InChI is InChI=1S/C72H120O6/c1-4-7-10-13-16-19-22-24-26-28-29-30-31-32-33-34-35-36-37-38-39-40-41-42-43-45-46-48-50-53-56-59-62-65-71(74)77-68-69(67-76-70(73)64-61-58-55-52-21-18-15-12-9-6-3)78-72(75)66-63-60-57-54-51-49-47-44-27-25-23-20-17-14-11-8-5-2/h7-8,10-11,16-17,19-20,24-27,29-30,32-33,47,49,54,57,69H,4-6,9,12-15,18,21-23,28,31,34-46,48,50-53,55-56,58-68H2,1-3H3/b10-7-,11-8-,19-16-,20-17-,26-24-,27-25-,30-29-,33-32-,49-47-,57-54-. The van der Waals surface area contributed by atoms with Gasteiger partial charge in [0.25, 0.3) is 0 Å². The van der Waals surface area contributed by atoms with E-state index in [-0.39, 0.29) is 37.5 Å². The summed E-state index contributed by atoms with van der Waals surface area (Å²) in [6.07, 6.45) is 90.9. The summed E-state index contributed by atoms with van der Waals surface area (Å²) in [5.74, 6) is -0.953. The summed E-state index contributed by atoms with van der Waals surface area (Å²) in [7, 11) is 0. The van der Waals surface area contributed by atoms with Gasteiger partial charge in [0, 0.05) is 19.3 Å². The largest absolute Gasteiger partial charge is 0.462 e. The number of ether oxygens (including phenoxy) is 3. The van der Waals surface area contributed by atoms with E-state index in [1.54, 1.807) is 0 Å². The van der Waals surface area contributed by atoms with Crippen molar-refractivity contribution in [3.63, 3.8) is 0 Å². The quantitative estimate of drug-likeness (QED) is 0.0261. The summed E-state index contributed by atoms with van der Waals surface area (Å²) >= 11 is 0. The summed E-state index contributed by atoms with van der Waals surface area (Å²) in [4.78, 5) is 38.2. The van der Waals surface area contributed by atoms with Crippen LogP contribution in [0.3, 0.4) is 0 Å². The average Bonchev–Trinajstić information content (AvgIpc) is 3.44. The molecule has 0 spiro atoms. The van der Waals surface area contributed by atoms with Crippen molar-refractivity contribution in [3.8, 4) is 0 Å². The van der Waals surface area contributed by atoms with Gasteiger partial charge in [-0.1, -0.05) is 296 Å². The molecule has 444 valence electrons. The Morgan fingerprint density at radius 1 is 0.269 bits per heavy atom. The molecule has 6 heteroatoms. The first-order valence-electron chi connectivity index (χ1n) is 32.5. The van der Waals surface area contributed by atoms with Crippen LogP contribution in [0.4, 0.5) is 0 Å². The van der Waals surface area contributed by atoms with Gasteiger partial charge < -0.3 is 14.2 Å². The molecule has 0 fully saturated rings. The Morgan fingerprint density at radius 2 is 0.513 bits per heavy atom. The molecule has 0 bridgehead atoms. The van der Waals surface area contributed by atoms with Crippen LogP contribution < -0.4 is 0 Å². The second kappa shape index (κ2) is 65.3. The topological polar surface area (TPSA) is 78.9 Å². The fourth-order valence-corrected chi connectivity index (χ4v) is 8.92. The zero-order valence-corrected chi connectivity index (χ0v) is 50.9. The van der Waals surface area contributed by atoms with Crippen molar-refractivity contribution in [2.45, 2.75) is 303 Å². The molecule has 78 heavy (non-hydrogen) atoms. The van der Waals surface area contributed by atoms with Crippen molar-refractivity contribution in [2.75, 3.05) is 13.2 Å². The monoisotopic (exact) mass is 1080 g/mol. The van der Waals surface area contributed by atoms with Crippen molar-refractivity contribution in [3.05, 3.63) is 122 Å². The van der Waals surface area contributed by atoms with Crippen LogP contribution in [0.1, 0.15) is 297 Å². The first kappa shape index (κ1) is 73.8. The first-order valence-corrected chi connectivity index (χ1v) is 32.5. The van der Waals surface area contributed by atoms with Crippen LogP contribution >= 0.6 is 0 Å². The first-order chi connectivity index (χ1) is 38.5. The van der Waals surface area contributed by atoms with Gasteiger partial charge in [0.1, 0.15) is 13.2 Å². The van der Waals surface area contributed by atoms with E-state index in [2.05, 4.69) is 142 Å². The predicted octanol–water partition coefficient (Wildman–Crippen LogP) is 22.4. The van der Waals surface area contributed by atoms with E-state index in [0.29, 0.717) is 19.3 Å². The van der Waals surface area contributed by atoms with Crippen molar-refractivity contribution in [1.29, 1.82) is 0 Å². The molecule has 0 rings (SSSR count). The van der Waals surface area contributed by atoms with Crippen LogP contribution in [0.15, 0.2) is 122 Å². The van der Waals surface area contributed by atoms with Crippen LogP contribution in [0, 0.1) is 0 Å². The molecule has 0 saturated carbocycles. The Labute approximate surface area is 482 Å². The van der Waals surface area contributed by atoms with Crippen LogP contribution in [0.5, 0.6) is 0 Å². The molecule has 1 atom stereocenters. The molecule has 0 aromatic carbocycles. The normalized spacial score (nSPS) is 12.9. The molecular formula is C72H120O6. The third-order valence-corrected chi connectivity index (χ3v) is 13.7. The van der Waals surface area contributed by atoms with Gasteiger partial charge >= 0.3 is 17.9 Å². The lowest BCUT2D eigenvalue weighted by Gasteiger charge is -2.18. The number of carbonyl (C=O) groups is 3. The molecule has 0 heterocycles. The van der Waals surface area contributed by atoms with E-state index in [1.807, 2.05) is 0 Å². The van der Waals surface area contributed by atoms with Crippen molar-refractivity contribution < 1.29 is 28.6 Å². The SMILES string of the molecule is CC/C=C\C/C=C\C/C=C\C/C=C\C/C=C\CCCCCCCCCCCCCCCCCCCC(=O)OCC(COC(=O)CCCCCCCCCCCC)OC(=O)CCC/C=C\C/C=C\C/C=C\C/C=C\C/C=C\CC. The third-order valence-electron chi connectivity index (χ3n) is 13.7. The van der Waals surface area contributed by atoms with Crippen molar-refractivity contribution >= 4 is 17.9 Å². The second-order valence-electron chi connectivity index (χ2n) is 21.3. The minimum atomic E-state index is -0.807. The van der Waals surface area contributed by atoms with Gasteiger partial charge in [0.05, 0.1) is 0 Å². The van der Waals surface area contributed by atoms with Gasteiger partial charge in [-0.05, 0) is 103 Å². The summed E-state index contributed by atoms with van der Waals surface area (Å²) in [6, 6.07) is 0. The van der Waals surface area contributed by atoms with E-state index in [1.165, 1.54) is 141 Å². The highest BCUT2D eigenvalue weighted by Crippen LogP contribution is 2.16. The highest BCUT2D eigenvalue weighted by Gasteiger charge is 2.19. The van der Waals surface area contributed by atoms with Crippen LogP contribution in [0.2, 0.25) is 0 Å². The van der Waals surface area contributed by atoms with Gasteiger partial charge in [-0.2, -0.15) is 0 Å². The molecule has 0 aliphatic rings. The van der Waals surface area contributed by atoms with E-state index < -0.39 is 6.10 Å². The third kappa shape index (κ3) is 62.7. The van der Waals surface area contributed by atoms with Crippen molar-refractivity contribution in [1.82, 2.24) is 0 Å². The number of esters is 3. The molecule has 0 aliphatic carbocycles. The number of carbonyl (C=O) groups excluding carboxylic acids is 3. The molecule has 0 radical (unpaired) electrons. The molecule has 0 N–H and O–H groups in total. The number of unbranched alkanes of at least 4 members (excludes halogenated alkanes) is 27.